The number of aliphatic hydroxyl groups is 5. The number of likely N-dealkylation sites (N-methyl/N-ethyl adjacent to an activating group) is 1. The van der Waals surface area contributed by atoms with Gasteiger partial charge in [-0.1, -0.05) is 0 Å². The average molecular weight is 1330 g/mol. The zero-order chi connectivity index (χ0) is 10.4. The molecule has 0 aromatic heterocycles. The Morgan fingerprint density at radius 2 is 1.11 bits per heavy atom. The maximum atomic E-state index is 9.21. The van der Waals surface area contributed by atoms with Gasteiger partial charge in [0.15, 0.2) is 0 Å². The molecule has 95 valence electrons. The summed E-state index contributed by atoms with van der Waals surface area (Å²) in [5, 5.41) is 47.5. The van der Waals surface area contributed by atoms with Gasteiger partial charge in [-0.2, -0.15) is 0 Å². The molecule has 0 aromatic rings. The van der Waals surface area contributed by atoms with E-state index in [0.29, 0.717) is 0 Å². The van der Waals surface area contributed by atoms with Crippen molar-refractivity contribution in [3.05, 3.63) is 0 Å². The molecular formula is C7H17Ac5NO5. The second-order valence-corrected chi connectivity index (χ2v) is 2.86. The van der Waals surface area contributed by atoms with Crippen molar-refractivity contribution in [1.82, 2.24) is 5.32 Å². The maximum Gasteiger partial charge on any atom is 0.111 e. The van der Waals surface area contributed by atoms with Gasteiger partial charge >= 0.3 is 0 Å². The van der Waals surface area contributed by atoms with Crippen molar-refractivity contribution < 1.29 is 246 Å². The van der Waals surface area contributed by atoms with Crippen molar-refractivity contribution in [1.29, 1.82) is 0 Å². The number of hydrogen-bond acceptors (Lipinski definition) is 6. The monoisotopic (exact) mass is 1330 g/mol. The third-order valence-corrected chi connectivity index (χ3v) is 1.74. The van der Waals surface area contributed by atoms with Gasteiger partial charge in [-0.3, -0.25) is 0 Å². The Labute approximate surface area is 287 Å². The van der Waals surface area contributed by atoms with Crippen LogP contribution in [0.1, 0.15) is 0 Å². The molecule has 0 saturated heterocycles. The predicted octanol–water partition coefficient (Wildman–Crippen LogP) is -3.36. The molecule has 6 nitrogen and oxygen atoms in total. The minimum Gasteiger partial charge on any atom is -0.394 e. The molecule has 0 fully saturated rings. The summed E-state index contributed by atoms with van der Waals surface area (Å²) in [6, 6.07) is 0. The van der Waals surface area contributed by atoms with Gasteiger partial charge in [0.1, 0.15) is 18.3 Å². The topological polar surface area (TPSA) is 113 Å². The number of aliphatic hydroxyl groups excluding tert-OH is 5. The molecule has 0 rings (SSSR count). The molecule has 0 unspecified atom stereocenters. The zero-order valence-electron chi connectivity index (χ0n) is 10.3. The van der Waals surface area contributed by atoms with E-state index in [1.165, 1.54) is 0 Å². The molecule has 0 aliphatic carbocycles. The zero-order valence-corrected chi connectivity index (χ0v) is 34.1. The second kappa shape index (κ2) is 26.2. The molecule has 0 spiro atoms. The van der Waals surface area contributed by atoms with Crippen molar-refractivity contribution >= 4 is 0 Å². The minimum absolute atomic E-state index is 0. The van der Waals surface area contributed by atoms with Crippen molar-refractivity contribution in [2.75, 3.05) is 20.2 Å². The molecular weight excluding hydrogens is 1310 g/mol. The molecule has 18 heavy (non-hydrogen) atoms. The molecule has 4 atom stereocenters. The van der Waals surface area contributed by atoms with E-state index in [4.69, 9.17) is 20.4 Å². The van der Waals surface area contributed by atoms with Crippen LogP contribution in [-0.2, 0) is 0 Å². The van der Waals surface area contributed by atoms with Crippen LogP contribution in [0.4, 0.5) is 0 Å². The molecule has 0 aliphatic rings. The minimum atomic E-state index is -1.55. The maximum absolute atomic E-state index is 9.21. The Kier molecular flexibility index (Phi) is 58.0. The Bertz CT molecular complexity index is 149. The SMILES string of the molecule is CNC[C@@H](O)[C@H](O)[C@@H](O)[C@@H](O)CO.[Ac].[Ac].[Ac].[Ac].[Ac]. The Morgan fingerprint density at radius 3 is 1.39 bits per heavy atom. The van der Waals surface area contributed by atoms with E-state index in [-0.39, 0.29) is 227 Å². The second-order valence-electron chi connectivity index (χ2n) is 2.86. The van der Waals surface area contributed by atoms with Crippen LogP contribution < -0.4 is 5.32 Å². The standard InChI is InChI=1S/C7H17NO5.5Ac/c1-8-2-4(10)6(12)7(13)5(11)3-9;;;;;/h4-13H,2-3H2,1H3;;;;;/t4-,5+,6+,7+;;;;;/m1...../s1. The van der Waals surface area contributed by atoms with E-state index in [1.54, 1.807) is 7.05 Å². The molecule has 6 N–H and O–H groups in total. The van der Waals surface area contributed by atoms with Crippen molar-refractivity contribution in [2.24, 2.45) is 0 Å². The third kappa shape index (κ3) is 19.3. The van der Waals surface area contributed by atoms with Gasteiger partial charge in [0.25, 0.3) is 0 Å². The third-order valence-electron chi connectivity index (χ3n) is 1.74. The van der Waals surface area contributed by atoms with Crippen LogP contribution in [0.25, 0.3) is 0 Å². The van der Waals surface area contributed by atoms with E-state index in [2.05, 4.69) is 5.32 Å². The number of nitrogens with one attached hydrogen (secondary N) is 1. The first kappa shape index (κ1) is 39.9. The van der Waals surface area contributed by atoms with Crippen LogP contribution in [0.3, 0.4) is 0 Å². The van der Waals surface area contributed by atoms with Crippen LogP contribution in [0.5, 0.6) is 0 Å². The van der Waals surface area contributed by atoms with Crippen molar-refractivity contribution in [3.8, 4) is 0 Å². The Balaban J connectivity index is -0.0000000720. The van der Waals surface area contributed by atoms with Gasteiger partial charge in [-0.25, -0.2) is 0 Å². The average Bonchev–Trinajstić information content (AvgIpc) is 2.14. The first-order valence-corrected chi connectivity index (χ1v) is 4.02. The first-order valence-electron chi connectivity index (χ1n) is 4.02. The van der Waals surface area contributed by atoms with Crippen LogP contribution in [-0.4, -0.2) is 70.1 Å². The van der Waals surface area contributed by atoms with E-state index in [0.717, 1.165) is 0 Å². The van der Waals surface area contributed by atoms with Gasteiger partial charge < -0.3 is 30.8 Å². The summed E-state index contributed by atoms with van der Waals surface area (Å²) in [5.41, 5.74) is 0. The molecule has 0 aliphatic heterocycles. The van der Waals surface area contributed by atoms with Crippen molar-refractivity contribution in [2.45, 2.75) is 24.4 Å². The molecule has 5 radical (unpaired) electrons. The van der Waals surface area contributed by atoms with E-state index in [9.17, 15) is 5.11 Å². The normalized spacial score (nSPS) is 15.0. The summed E-state index contributed by atoms with van der Waals surface area (Å²) < 4.78 is 0. The van der Waals surface area contributed by atoms with E-state index in [1.807, 2.05) is 0 Å². The summed E-state index contributed by atoms with van der Waals surface area (Å²) in [7, 11) is 1.57. The summed E-state index contributed by atoms with van der Waals surface area (Å²) in [5.74, 6) is 0. The van der Waals surface area contributed by atoms with E-state index >= 15 is 0 Å². The molecule has 11 heteroatoms. The summed E-state index contributed by atoms with van der Waals surface area (Å²) in [6.07, 6.45) is -5.65. The summed E-state index contributed by atoms with van der Waals surface area (Å²) >= 11 is 0. The summed E-state index contributed by atoms with van der Waals surface area (Å²) in [6.45, 7) is -0.569. The number of hydrogen-bond donors (Lipinski definition) is 6. The van der Waals surface area contributed by atoms with Gasteiger partial charge in [0, 0.05) is 227 Å². The quantitative estimate of drug-likeness (QED) is 0.166. The number of rotatable bonds is 6. The molecule has 0 amide bonds. The fraction of sp³-hybridized carbons (Fsp3) is 1.00. The fourth-order valence-corrected chi connectivity index (χ4v) is 0.893. The van der Waals surface area contributed by atoms with Crippen LogP contribution in [0.15, 0.2) is 0 Å². The molecule has 0 aromatic carbocycles. The van der Waals surface area contributed by atoms with Gasteiger partial charge in [0.05, 0.1) is 12.7 Å². The largest absolute Gasteiger partial charge is 0.394 e. The first-order chi connectivity index (χ1) is 6.04. The van der Waals surface area contributed by atoms with Crippen LogP contribution in [0.2, 0.25) is 0 Å². The van der Waals surface area contributed by atoms with Crippen LogP contribution >= 0.6 is 0 Å². The van der Waals surface area contributed by atoms with Gasteiger partial charge in [-0.15, -0.1) is 0 Å². The van der Waals surface area contributed by atoms with Gasteiger partial charge in [0.2, 0.25) is 0 Å². The predicted molar refractivity (Wildman–Crippen MR) is 45.0 cm³/mol. The van der Waals surface area contributed by atoms with Gasteiger partial charge in [-0.05, 0) is 7.05 Å². The Hall–Kier alpha value is 6.97. The smallest absolute Gasteiger partial charge is 0.111 e. The Morgan fingerprint density at radius 1 is 0.778 bits per heavy atom. The molecule has 0 bridgehead atoms. The summed E-state index contributed by atoms with van der Waals surface area (Å²) in [4.78, 5) is 0. The van der Waals surface area contributed by atoms with E-state index < -0.39 is 31.0 Å². The van der Waals surface area contributed by atoms with Crippen molar-refractivity contribution in [3.63, 3.8) is 0 Å². The molecule has 0 saturated carbocycles. The fourth-order valence-electron chi connectivity index (χ4n) is 0.893. The molecule has 0 heterocycles. The van der Waals surface area contributed by atoms with Crippen LogP contribution in [0, 0.1) is 220 Å².